The normalized spacial score (nSPS) is 10.5. The van der Waals surface area contributed by atoms with Gasteiger partial charge in [0.15, 0.2) is 0 Å². The first-order valence-electron chi connectivity index (χ1n) is 8.99. The summed E-state index contributed by atoms with van der Waals surface area (Å²) in [6.07, 6.45) is 2.87. The summed E-state index contributed by atoms with van der Waals surface area (Å²) in [5, 5.41) is 12.7. The van der Waals surface area contributed by atoms with E-state index in [2.05, 4.69) is 53.7 Å². The van der Waals surface area contributed by atoms with Gasteiger partial charge in [-0.15, -0.1) is 17.8 Å². The molecule has 6 heteroatoms. The van der Waals surface area contributed by atoms with Crippen LogP contribution >= 0.6 is 0 Å². The van der Waals surface area contributed by atoms with Crippen LogP contribution < -0.4 is 4.74 Å². The van der Waals surface area contributed by atoms with Crippen LogP contribution in [0.1, 0.15) is 31.7 Å². The third kappa shape index (κ3) is 6.15. The van der Waals surface area contributed by atoms with Crippen molar-refractivity contribution in [3.63, 3.8) is 0 Å². The Balaban J connectivity index is 0.00000261. The molecule has 3 aromatic rings. The fourth-order valence-corrected chi connectivity index (χ4v) is 2.71. The van der Waals surface area contributed by atoms with Crippen molar-refractivity contribution in [2.24, 2.45) is 0 Å². The maximum Gasteiger partial charge on any atom is 0.119 e. The van der Waals surface area contributed by atoms with Crippen LogP contribution in [0.15, 0.2) is 54.7 Å². The summed E-state index contributed by atoms with van der Waals surface area (Å²) in [6.45, 7) is 5.81. The van der Waals surface area contributed by atoms with Crippen molar-refractivity contribution >= 4 is 5.69 Å². The second-order valence-corrected chi connectivity index (χ2v) is 6.57. The standard InChI is InChI=1S/C21H25N4O.Y/c1-16(2)17-6-4-7-18(14-17)21-15-25(24-23-21)12-5-13-26-20-10-8-19(22-3)9-11-20;/h4,6-11,14-16H,5,12-13H2,1-3H3;/q-1;. The van der Waals surface area contributed by atoms with Gasteiger partial charge in [0.25, 0.3) is 0 Å². The number of benzene rings is 2. The van der Waals surface area contributed by atoms with Crippen LogP contribution in [0.3, 0.4) is 0 Å². The van der Waals surface area contributed by atoms with E-state index in [4.69, 9.17) is 4.74 Å². The van der Waals surface area contributed by atoms with E-state index in [1.165, 1.54) is 5.56 Å². The summed E-state index contributed by atoms with van der Waals surface area (Å²) < 4.78 is 7.63. The van der Waals surface area contributed by atoms with Crippen LogP contribution in [0, 0.1) is 0 Å². The molecule has 0 unspecified atom stereocenters. The zero-order chi connectivity index (χ0) is 18.4. The van der Waals surface area contributed by atoms with Crippen LogP contribution in [0.25, 0.3) is 16.6 Å². The van der Waals surface area contributed by atoms with Crippen LogP contribution in [0.4, 0.5) is 5.69 Å². The number of aromatic nitrogens is 3. The first kappa shape index (κ1) is 21.6. The Bertz CT molecular complexity index is 830. The van der Waals surface area contributed by atoms with E-state index in [0.717, 1.165) is 35.7 Å². The van der Waals surface area contributed by atoms with Crippen molar-refractivity contribution in [1.82, 2.24) is 15.0 Å². The van der Waals surface area contributed by atoms with E-state index in [1.54, 1.807) is 7.05 Å². The van der Waals surface area contributed by atoms with E-state index >= 15 is 0 Å². The predicted octanol–water partition coefficient (Wildman–Crippen LogP) is 5.17. The number of nitrogens with zero attached hydrogens (tertiary/aromatic N) is 4. The minimum atomic E-state index is 0. The second kappa shape index (κ2) is 10.6. The minimum absolute atomic E-state index is 0. The minimum Gasteiger partial charge on any atom is -0.687 e. The Labute approximate surface area is 186 Å². The molecule has 139 valence electrons. The number of hydrogen-bond donors (Lipinski definition) is 0. The van der Waals surface area contributed by atoms with Gasteiger partial charge in [-0.3, -0.25) is 4.68 Å². The summed E-state index contributed by atoms with van der Waals surface area (Å²) in [7, 11) is 1.78. The summed E-state index contributed by atoms with van der Waals surface area (Å²) in [6, 6.07) is 16.3. The summed E-state index contributed by atoms with van der Waals surface area (Å²) in [5.41, 5.74) is 4.29. The molecule has 1 heterocycles. The summed E-state index contributed by atoms with van der Waals surface area (Å²) in [5.74, 6) is 1.37. The first-order valence-corrected chi connectivity index (χ1v) is 8.99. The maximum absolute atomic E-state index is 5.76. The maximum atomic E-state index is 5.76. The van der Waals surface area contributed by atoms with Gasteiger partial charge in [-0.1, -0.05) is 49.4 Å². The van der Waals surface area contributed by atoms with Crippen molar-refractivity contribution in [2.45, 2.75) is 32.7 Å². The summed E-state index contributed by atoms with van der Waals surface area (Å²) in [4.78, 5) is 0. The molecule has 27 heavy (non-hydrogen) atoms. The largest absolute Gasteiger partial charge is 0.687 e. The monoisotopic (exact) mass is 438 g/mol. The average molecular weight is 438 g/mol. The zero-order valence-electron chi connectivity index (χ0n) is 16.2. The Morgan fingerprint density at radius 1 is 1.11 bits per heavy atom. The molecule has 1 aromatic heterocycles. The van der Waals surface area contributed by atoms with Gasteiger partial charge in [0.2, 0.25) is 0 Å². The molecule has 5 nitrogen and oxygen atoms in total. The smallest absolute Gasteiger partial charge is 0.119 e. The molecule has 0 atom stereocenters. The molecule has 0 aliphatic heterocycles. The SMILES string of the molecule is C[N-]c1ccc(OCCCn2cc(-c3cccc(C(C)C)c3)nn2)cc1.[Y]. The number of hydrogen-bond acceptors (Lipinski definition) is 3. The van der Waals surface area contributed by atoms with Crippen molar-refractivity contribution in [1.29, 1.82) is 0 Å². The van der Waals surface area contributed by atoms with Crippen molar-refractivity contribution in [2.75, 3.05) is 13.7 Å². The fourth-order valence-electron chi connectivity index (χ4n) is 2.71. The Morgan fingerprint density at radius 2 is 1.89 bits per heavy atom. The Kier molecular flexibility index (Phi) is 8.45. The molecule has 0 N–H and O–H groups in total. The quantitative estimate of drug-likeness (QED) is 0.456. The van der Waals surface area contributed by atoms with Gasteiger partial charge in [0.05, 0.1) is 12.8 Å². The van der Waals surface area contributed by atoms with E-state index in [9.17, 15) is 0 Å². The molecular formula is C21H25N4OY-. The molecule has 2 aromatic carbocycles. The topological polar surface area (TPSA) is 54.0 Å². The molecule has 0 saturated heterocycles. The molecular weight excluding hydrogens is 413 g/mol. The zero-order valence-corrected chi connectivity index (χ0v) is 19.0. The van der Waals surface area contributed by atoms with Gasteiger partial charge >= 0.3 is 0 Å². The Hall–Kier alpha value is -1.72. The van der Waals surface area contributed by atoms with Gasteiger partial charge < -0.3 is 10.1 Å². The van der Waals surface area contributed by atoms with Gasteiger partial charge in [0, 0.05) is 51.2 Å². The molecule has 0 amide bonds. The molecule has 0 aliphatic rings. The summed E-state index contributed by atoms with van der Waals surface area (Å²) >= 11 is 0. The molecule has 0 aliphatic carbocycles. The molecule has 1 radical (unpaired) electrons. The molecule has 0 fully saturated rings. The van der Waals surface area contributed by atoms with Crippen molar-refractivity contribution in [3.8, 4) is 17.0 Å². The number of rotatable bonds is 8. The van der Waals surface area contributed by atoms with Gasteiger partial charge in [0.1, 0.15) is 11.4 Å². The predicted molar refractivity (Wildman–Crippen MR) is 105 cm³/mol. The fraction of sp³-hybridized carbons (Fsp3) is 0.333. The second-order valence-electron chi connectivity index (χ2n) is 6.57. The van der Waals surface area contributed by atoms with E-state index < -0.39 is 0 Å². The Morgan fingerprint density at radius 3 is 2.59 bits per heavy atom. The van der Waals surface area contributed by atoms with Gasteiger partial charge in [-0.05, 0) is 29.7 Å². The molecule has 3 rings (SSSR count). The first-order chi connectivity index (χ1) is 12.7. The third-order valence-corrected chi connectivity index (χ3v) is 4.28. The van der Waals surface area contributed by atoms with Gasteiger partial charge in [-0.25, -0.2) is 0 Å². The van der Waals surface area contributed by atoms with E-state index in [0.29, 0.717) is 12.5 Å². The van der Waals surface area contributed by atoms with Crippen LogP contribution in [-0.2, 0) is 39.3 Å². The van der Waals surface area contributed by atoms with Crippen LogP contribution in [0.5, 0.6) is 5.75 Å². The van der Waals surface area contributed by atoms with Crippen LogP contribution in [0.2, 0.25) is 0 Å². The average Bonchev–Trinajstić information content (AvgIpc) is 3.15. The van der Waals surface area contributed by atoms with E-state index in [-0.39, 0.29) is 32.7 Å². The molecule has 0 saturated carbocycles. The molecule has 0 spiro atoms. The number of ether oxygens (including phenoxy) is 1. The third-order valence-electron chi connectivity index (χ3n) is 4.28. The van der Waals surface area contributed by atoms with Crippen molar-refractivity contribution in [3.05, 3.63) is 65.6 Å². The van der Waals surface area contributed by atoms with Crippen LogP contribution in [-0.4, -0.2) is 28.6 Å². The van der Waals surface area contributed by atoms with Crippen molar-refractivity contribution < 1.29 is 37.4 Å². The molecule has 0 bridgehead atoms. The van der Waals surface area contributed by atoms with Gasteiger partial charge in [-0.2, -0.15) is 0 Å². The number of aryl methyl sites for hydroxylation is 1. The van der Waals surface area contributed by atoms with E-state index in [1.807, 2.05) is 35.1 Å².